The molecule has 1 saturated carbocycles. The van der Waals surface area contributed by atoms with Crippen molar-refractivity contribution in [2.24, 2.45) is 5.73 Å². The number of nitrogens with zero attached hydrogens (tertiary/aromatic N) is 5. The SMILES string of the molecule is CN(C)CCN(C)c1cc(-c2ccc3c(c2)ncn3C2CCCC(F)(F)C2)c2nc[nH]c2c1C(N)=O. The minimum atomic E-state index is -2.64. The maximum Gasteiger partial charge on any atom is 0.253 e. The maximum atomic E-state index is 14.1. The van der Waals surface area contributed by atoms with Gasteiger partial charge in [0.1, 0.15) is 0 Å². The van der Waals surface area contributed by atoms with Crippen LogP contribution in [0.1, 0.15) is 42.1 Å². The van der Waals surface area contributed by atoms with Crippen molar-refractivity contribution in [3.8, 4) is 11.1 Å². The zero-order chi connectivity index (χ0) is 25.6. The smallest absolute Gasteiger partial charge is 0.253 e. The summed E-state index contributed by atoms with van der Waals surface area (Å²) < 4.78 is 30.0. The predicted octanol–water partition coefficient (Wildman–Crippen LogP) is 4.43. The quantitative estimate of drug-likeness (QED) is 0.396. The van der Waals surface area contributed by atoms with E-state index < -0.39 is 11.8 Å². The van der Waals surface area contributed by atoms with Crippen LogP contribution in [-0.4, -0.2) is 70.5 Å². The van der Waals surface area contributed by atoms with E-state index in [2.05, 4.69) is 19.9 Å². The van der Waals surface area contributed by atoms with Gasteiger partial charge in [-0.2, -0.15) is 0 Å². The Kier molecular flexibility index (Phi) is 6.15. The van der Waals surface area contributed by atoms with Crippen LogP contribution in [0.15, 0.2) is 36.9 Å². The molecule has 1 amide bonds. The van der Waals surface area contributed by atoms with E-state index in [9.17, 15) is 13.6 Å². The number of hydrogen-bond donors (Lipinski definition) is 2. The maximum absolute atomic E-state index is 14.1. The number of aromatic nitrogens is 4. The predicted molar refractivity (Wildman–Crippen MR) is 138 cm³/mol. The Hall–Kier alpha value is -3.53. The van der Waals surface area contributed by atoms with Crippen LogP contribution >= 0.6 is 0 Å². The van der Waals surface area contributed by atoms with Gasteiger partial charge in [-0.25, -0.2) is 18.7 Å². The van der Waals surface area contributed by atoms with Gasteiger partial charge >= 0.3 is 0 Å². The third-order valence-electron chi connectivity index (χ3n) is 7.12. The largest absolute Gasteiger partial charge is 0.373 e. The molecule has 0 spiro atoms. The van der Waals surface area contributed by atoms with Crippen LogP contribution in [0.2, 0.25) is 0 Å². The fourth-order valence-corrected chi connectivity index (χ4v) is 5.21. The van der Waals surface area contributed by atoms with Crippen LogP contribution in [0.3, 0.4) is 0 Å². The van der Waals surface area contributed by atoms with Crippen LogP contribution in [-0.2, 0) is 0 Å². The van der Waals surface area contributed by atoms with Crippen LogP contribution in [0.25, 0.3) is 33.2 Å². The number of likely N-dealkylation sites (N-methyl/N-ethyl adjacent to an activating group) is 2. The van der Waals surface area contributed by atoms with Crippen molar-refractivity contribution >= 4 is 33.7 Å². The summed E-state index contributed by atoms with van der Waals surface area (Å²) >= 11 is 0. The number of rotatable bonds is 7. The molecular weight excluding hydrogens is 464 g/mol. The number of primary amides is 1. The number of imidazole rings is 2. The van der Waals surface area contributed by atoms with Gasteiger partial charge in [0.2, 0.25) is 5.92 Å². The third kappa shape index (κ3) is 4.41. The molecule has 1 atom stereocenters. The van der Waals surface area contributed by atoms with Crippen LogP contribution in [0.4, 0.5) is 14.5 Å². The molecule has 8 nitrogen and oxygen atoms in total. The van der Waals surface area contributed by atoms with E-state index in [0.717, 1.165) is 28.7 Å². The van der Waals surface area contributed by atoms with Crippen LogP contribution in [0, 0.1) is 0 Å². The van der Waals surface area contributed by atoms with E-state index in [1.54, 1.807) is 12.7 Å². The number of nitrogens with two attached hydrogens (primary N) is 1. The molecule has 4 aromatic rings. The molecule has 0 saturated heterocycles. The van der Waals surface area contributed by atoms with Gasteiger partial charge in [-0.05, 0) is 50.7 Å². The van der Waals surface area contributed by atoms with E-state index in [1.165, 1.54) is 0 Å². The highest BCUT2D eigenvalue weighted by Gasteiger charge is 2.37. The van der Waals surface area contributed by atoms with Crippen LogP contribution < -0.4 is 10.6 Å². The Bertz CT molecular complexity index is 1420. The molecule has 0 radical (unpaired) electrons. The highest BCUT2D eigenvalue weighted by Crippen LogP contribution is 2.41. The Morgan fingerprint density at radius 1 is 1.22 bits per heavy atom. The second-order valence-electron chi connectivity index (χ2n) is 9.99. The molecule has 0 aliphatic heterocycles. The lowest BCUT2D eigenvalue weighted by atomic mass is 9.92. The number of hydrogen-bond acceptors (Lipinski definition) is 5. The summed E-state index contributed by atoms with van der Waals surface area (Å²) in [6, 6.07) is 7.51. The average Bonchev–Trinajstić information content (AvgIpc) is 3.47. The first-order valence-electron chi connectivity index (χ1n) is 12.1. The van der Waals surface area contributed by atoms with Crippen molar-refractivity contribution in [1.82, 2.24) is 24.4 Å². The molecule has 1 aliphatic rings. The van der Waals surface area contributed by atoms with Gasteiger partial charge in [-0.3, -0.25) is 4.79 Å². The van der Waals surface area contributed by atoms with E-state index in [-0.39, 0.29) is 18.9 Å². The molecule has 2 heterocycles. The first-order valence-corrected chi connectivity index (χ1v) is 12.1. The van der Waals surface area contributed by atoms with E-state index in [1.807, 2.05) is 54.9 Å². The van der Waals surface area contributed by atoms with Gasteiger partial charge < -0.3 is 25.1 Å². The minimum absolute atomic E-state index is 0.0490. The van der Waals surface area contributed by atoms with E-state index in [0.29, 0.717) is 41.7 Å². The van der Waals surface area contributed by atoms with Crippen molar-refractivity contribution in [2.45, 2.75) is 37.6 Å². The number of H-pyrrole nitrogens is 1. The second kappa shape index (κ2) is 9.16. The summed E-state index contributed by atoms with van der Waals surface area (Å²) in [6.45, 7) is 1.50. The van der Waals surface area contributed by atoms with Gasteiger partial charge in [0.05, 0.1) is 46.0 Å². The minimum Gasteiger partial charge on any atom is -0.373 e. The molecule has 3 N–H and O–H groups in total. The number of benzene rings is 2. The standard InChI is InChI=1S/C26H31F2N7O/c1-33(2)9-10-34(3)21-12-18(23-24(31-14-30-23)22(21)25(29)36)16-6-7-20-19(11-16)32-15-35(20)17-5-4-8-26(27,28)13-17/h6-7,11-12,14-15,17H,4-5,8-10,13H2,1-3H3,(H2,29,36)(H,30,31). The summed E-state index contributed by atoms with van der Waals surface area (Å²) in [4.78, 5) is 28.7. The normalized spacial score (nSPS) is 17.8. The molecule has 190 valence electrons. The zero-order valence-corrected chi connectivity index (χ0v) is 20.8. The summed E-state index contributed by atoms with van der Waals surface area (Å²) in [5.41, 5.74) is 11.4. The van der Waals surface area contributed by atoms with Crippen molar-refractivity contribution in [3.05, 3.63) is 42.5 Å². The Labute approximate surface area is 208 Å². The number of amides is 1. The Morgan fingerprint density at radius 2 is 2.03 bits per heavy atom. The van der Waals surface area contributed by atoms with E-state index >= 15 is 0 Å². The highest BCUT2D eigenvalue weighted by atomic mass is 19.3. The summed E-state index contributed by atoms with van der Waals surface area (Å²) in [6.07, 6.45) is 4.23. The van der Waals surface area contributed by atoms with Crippen molar-refractivity contribution in [3.63, 3.8) is 0 Å². The molecule has 36 heavy (non-hydrogen) atoms. The number of alkyl halides is 2. The zero-order valence-electron chi connectivity index (χ0n) is 20.8. The molecule has 5 rings (SSSR count). The molecule has 10 heteroatoms. The molecule has 1 fully saturated rings. The number of anilines is 1. The second-order valence-corrected chi connectivity index (χ2v) is 9.99. The van der Waals surface area contributed by atoms with Crippen LogP contribution in [0.5, 0.6) is 0 Å². The monoisotopic (exact) mass is 495 g/mol. The van der Waals surface area contributed by atoms with Crippen molar-refractivity contribution in [1.29, 1.82) is 0 Å². The number of carbonyl (C=O) groups excluding carboxylic acids is 1. The lowest BCUT2D eigenvalue weighted by Crippen LogP contribution is -2.30. The first-order chi connectivity index (χ1) is 17.1. The number of nitrogens with one attached hydrogen (secondary N) is 1. The van der Waals surface area contributed by atoms with Gasteiger partial charge in [0.15, 0.2) is 0 Å². The van der Waals surface area contributed by atoms with Crippen molar-refractivity contribution < 1.29 is 13.6 Å². The van der Waals surface area contributed by atoms with Gasteiger partial charge in [0.25, 0.3) is 5.91 Å². The molecule has 0 bridgehead atoms. The fourth-order valence-electron chi connectivity index (χ4n) is 5.21. The topological polar surface area (TPSA) is 96.1 Å². The van der Waals surface area contributed by atoms with Gasteiger partial charge in [-0.1, -0.05) is 6.07 Å². The lowest BCUT2D eigenvalue weighted by molar-refractivity contribution is -0.0490. The van der Waals surface area contributed by atoms with E-state index in [4.69, 9.17) is 5.73 Å². The van der Waals surface area contributed by atoms with Gasteiger partial charge in [-0.15, -0.1) is 0 Å². The molecule has 2 aromatic heterocycles. The Morgan fingerprint density at radius 3 is 2.75 bits per heavy atom. The highest BCUT2D eigenvalue weighted by molar-refractivity contribution is 6.13. The molecule has 1 aliphatic carbocycles. The average molecular weight is 496 g/mol. The number of fused-ring (bicyclic) bond motifs is 2. The number of halogens is 2. The lowest BCUT2D eigenvalue weighted by Gasteiger charge is -2.30. The van der Waals surface area contributed by atoms with Crippen molar-refractivity contribution in [2.75, 3.05) is 39.1 Å². The number of aromatic amines is 1. The van der Waals surface area contributed by atoms with Gasteiger partial charge in [0, 0.05) is 44.6 Å². The third-order valence-corrected chi connectivity index (χ3v) is 7.12. The number of carbonyl (C=O) groups is 1. The Balaban J connectivity index is 1.59. The summed E-state index contributed by atoms with van der Waals surface area (Å²) in [5, 5.41) is 0. The first kappa shape index (κ1) is 24.2. The molecule has 1 unspecified atom stereocenters. The fraction of sp³-hybridized carbons (Fsp3) is 0.423. The summed E-state index contributed by atoms with van der Waals surface area (Å²) in [7, 11) is 5.92. The molecule has 2 aromatic carbocycles. The summed E-state index contributed by atoms with van der Waals surface area (Å²) in [5.74, 6) is -3.16. The molecular formula is C26H31F2N7O.